The number of rotatable bonds is 3. The van der Waals surface area contributed by atoms with Crippen LogP contribution in [-0.4, -0.2) is 0 Å². The van der Waals surface area contributed by atoms with Crippen molar-refractivity contribution in [1.82, 2.24) is 0 Å². The van der Waals surface area contributed by atoms with E-state index in [0.29, 0.717) is 0 Å². The van der Waals surface area contributed by atoms with E-state index in [2.05, 4.69) is 38.2 Å². The van der Waals surface area contributed by atoms with Crippen LogP contribution in [0.15, 0.2) is 34.9 Å². The van der Waals surface area contributed by atoms with Crippen LogP contribution in [0, 0.1) is 20.8 Å². The van der Waals surface area contributed by atoms with Crippen LogP contribution in [0.5, 0.6) is 0 Å². The quantitative estimate of drug-likeness (QED) is 0.842. The molecular formula is C14H17NO. The molecule has 0 amide bonds. The van der Waals surface area contributed by atoms with Crippen molar-refractivity contribution in [2.45, 2.75) is 27.3 Å². The van der Waals surface area contributed by atoms with Gasteiger partial charge in [0.05, 0.1) is 12.8 Å². The fourth-order valence-corrected chi connectivity index (χ4v) is 2.05. The van der Waals surface area contributed by atoms with Crippen LogP contribution >= 0.6 is 0 Å². The first-order chi connectivity index (χ1) is 7.66. The number of hydrogen-bond acceptors (Lipinski definition) is 2. The molecule has 84 valence electrons. The molecule has 0 bridgehead atoms. The van der Waals surface area contributed by atoms with Crippen LogP contribution in [0.2, 0.25) is 0 Å². The number of nitrogens with one attached hydrogen (secondary N) is 1. The van der Waals surface area contributed by atoms with Gasteiger partial charge in [0.15, 0.2) is 0 Å². The van der Waals surface area contributed by atoms with Gasteiger partial charge in [-0.05, 0) is 44.0 Å². The summed E-state index contributed by atoms with van der Waals surface area (Å²) in [6.45, 7) is 7.11. The van der Waals surface area contributed by atoms with Crippen LogP contribution in [0.1, 0.15) is 22.5 Å². The Morgan fingerprint density at radius 1 is 1.12 bits per heavy atom. The lowest BCUT2D eigenvalue weighted by Gasteiger charge is -2.12. The zero-order chi connectivity index (χ0) is 11.5. The van der Waals surface area contributed by atoms with E-state index in [4.69, 9.17) is 4.42 Å². The van der Waals surface area contributed by atoms with Crippen molar-refractivity contribution < 1.29 is 4.42 Å². The topological polar surface area (TPSA) is 25.2 Å². The largest absolute Gasteiger partial charge is 0.467 e. The van der Waals surface area contributed by atoms with Gasteiger partial charge in [-0.15, -0.1) is 0 Å². The maximum atomic E-state index is 5.30. The third kappa shape index (κ3) is 2.27. The van der Waals surface area contributed by atoms with Gasteiger partial charge in [-0.2, -0.15) is 0 Å². The normalized spacial score (nSPS) is 10.4. The fraction of sp³-hybridized carbons (Fsp3) is 0.286. The van der Waals surface area contributed by atoms with Crippen LogP contribution < -0.4 is 5.32 Å². The third-order valence-electron chi connectivity index (χ3n) is 2.70. The first-order valence-corrected chi connectivity index (χ1v) is 5.51. The Kier molecular flexibility index (Phi) is 3.00. The van der Waals surface area contributed by atoms with Crippen molar-refractivity contribution in [3.63, 3.8) is 0 Å². The van der Waals surface area contributed by atoms with Crippen molar-refractivity contribution in [2.24, 2.45) is 0 Å². The Labute approximate surface area is 96.3 Å². The summed E-state index contributed by atoms with van der Waals surface area (Å²) in [5, 5.41) is 3.42. The zero-order valence-electron chi connectivity index (χ0n) is 10.0. The van der Waals surface area contributed by atoms with Gasteiger partial charge in [-0.25, -0.2) is 0 Å². The smallest absolute Gasteiger partial charge is 0.122 e. The first-order valence-electron chi connectivity index (χ1n) is 5.51. The predicted molar refractivity (Wildman–Crippen MR) is 66.7 cm³/mol. The van der Waals surface area contributed by atoms with Crippen LogP contribution in [-0.2, 0) is 6.54 Å². The second-order valence-electron chi connectivity index (χ2n) is 4.21. The fourth-order valence-electron chi connectivity index (χ4n) is 2.05. The standard InChI is InChI=1S/C14H17NO/c1-10-7-11(2)14(12(3)8-10)15-9-13-5-4-6-16-13/h4-8,15H,9H2,1-3H3. The van der Waals surface area contributed by atoms with Gasteiger partial charge in [0.2, 0.25) is 0 Å². The van der Waals surface area contributed by atoms with Gasteiger partial charge >= 0.3 is 0 Å². The molecule has 0 atom stereocenters. The monoisotopic (exact) mass is 215 g/mol. The minimum atomic E-state index is 0.734. The second-order valence-corrected chi connectivity index (χ2v) is 4.21. The summed E-state index contributed by atoms with van der Waals surface area (Å²) in [5.41, 5.74) is 5.08. The molecule has 0 aliphatic heterocycles. The van der Waals surface area contributed by atoms with E-state index in [1.165, 1.54) is 22.4 Å². The summed E-state index contributed by atoms with van der Waals surface area (Å²) in [6, 6.07) is 8.27. The number of aryl methyl sites for hydroxylation is 3. The highest BCUT2D eigenvalue weighted by Gasteiger charge is 2.03. The minimum absolute atomic E-state index is 0.734. The highest BCUT2D eigenvalue weighted by molar-refractivity contribution is 5.58. The molecule has 0 fully saturated rings. The molecule has 0 saturated heterocycles. The lowest BCUT2D eigenvalue weighted by atomic mass is 10.1. The molecule has 0 radical (unpaired) electrons. The first kappa shape index (κ1) is 10.8. The molecule has 1 aromatic carbocycles. The summed E-state index contributed by atoms with van der Waals surface area (Å²) in [6.07, 6.45) is 1.70. The van der Waals surface area contributed by atoms with E-state index < -0.39 is 0 Å². The molecule has 2 rings (SSSR count). The molecule has 2 heteroatoms. The third-order valence-corrected chi connectivity index (χ3v) is 2.70. The molecule has 1 heterocycles. The summed E-state index contributed by atoms with van der Waals surface area (Å²) < 4.78 is 5.30. The number of benzene rings is 1. The van der Waals surface area contributed by atoms with Crippen molar-refractivity contribution in [3.8, 4) is 0 Å². The molecule has 2 aromatic rings. The van der Waals surface area contributed by atoms with Crippen molar-refractivity contribution in [1.29, 1.82) is 0 Å². The van der Waals surface area contributed by atoms with Crippen LogP contribution in [0.3, 0.4) is 0 Å². The Balaban J connectivity index is 2.15. The highest BCUT2D eigenvalue weighted by Crippen LogP contribution is 2.22. The molecule has 0 spiro atoms. The van der Waals surface area contributed by atoms with Crippen molar-refractivity contribution in [3.05, 3.63) is 53.0 Å². The minimum Gasteiger partial charge on any atom is -0.467 e. The summed E-state index contributed by atoms with van der Waals surface area (Å²) in [7, 11) is 0. The maximum absolute atomic E-state index is 5.30. The Morgan fingerprint density at radius 3 is 2.38 bits per heavy atom. The number of furan rings is 1. The SMILES string of the molecule is Cc1cc(C)c(NCc2ccco2)c(C)c1. The van der Waals surface area contributed by atoms with Gasteiger partial charge in [-0.1, -0.05) is 17.7 Å². The predicted octanol–water partition coefficient (Wildman–Crippen LogP) is 3.82. The molecule has 0 unspecified atom stereocenters. The number of hydrogen-bond donors (Lipinski definition) is 1. The highest BCUT2D eigenvalue weighted by atomic mass is 16.3. The van der Waals surface area contributed by atoms with E-state index in [1.807, 2.05) is 12.1 Å². The lowest BCUT2D eigenvalue weighted by molar-refractivity contribution is 0.518. The van der Waals surface area contributed by atoms with E-state index in [9.17, 15) is 0 Å². The average molecular weight is 215 g/mol. The Hall–Kier alpha value is -1.70. The van der Waals surface area contributed by atoms with Gasteiger partial charge in [0.1, 0.15) is 5.76 Å². The summed E-state index contributed by atoms with van der Waals surface area (Å²) in [4.78, 5) is 0. The van der Waals surface area contributed by atoms with Crippen molar-refractivity contribution >= 4 is 5.69 Å². The van der Waals surface area contributed by atoms with E-state index >= 15 is 0 Å². The molecule has 16 heavy (non-hydrogen) atoms. The van der Waals surface area contributed by atoms with Gasteiger partial charge in [-0.3, -0.25) is 0 Å². The Bertz CT molecular complexity index is 448. The van der Waals surface area contributed by atoms with Gasteiger partial charge < -0.3 is 9.73 Å². The van der Waals surface area contributed by atoms with E-state index in [0.717, 1.165) is 12.3 Å². The molecule has 0 aliphatic carbocycles. The van der Waals surface area contributed by atoms with Gasteiger partial charge in [0, 0.05) is 5.69 Å². The molecule has 0 aliphatic rings. The van der Waals surface area contributed by atoms with E-state index in [1.54, 1.807) is 6.26 Å². The molecule has 1 aromatic heterocycles. The summed E-state index contributed by atoms with van der Waals surface area (Å²) >= 11 is 0. The lowest BCUT2D eigenvalue weighted by Crippen LogP contribution is -2.02. The molecule has 2 nitrogen and oxygen atoms in total. The van der Waals surface area contributed by atoms with Crippen LogP contribution in [0.25, 0.3) is 0 Å². The average Bonchev–Trinajstić information content (AvgIpc) is 2.68. The number of anilines is 1. The van der Waals surface area contributed by atoms with Gasteiger partial charge in [0.25, 0.3) is 0 Å². The Morgan fingerprint density at radius 2 is 1.81 bits per heavy atom. The molecule has 0 saturated carbocycles. The maximum Gasteiger partial charge on any atom is 0.122 e. The van der Waals surface area contributed by atoms with Crippen molar-refractivity contribution in [2.75, 3.05) is 5.32 Å². The second kappa shape index (κ2) is 4.44. The molecular weight excluding hydrogens is 198 g/mol. The zero-order valence-corrected chi connectivity index (χ0v) is 10.0. The molecule has 1 N–H and O–H groups in total. The van der Waals surface area contributed by atoms with E-state index in [-0.39, 0.29) is 0 Å². The summed E-state index contributed by atoms with van der Waals surface area (Å²) in [5.74, 6) is 0.958. The van der Waals surface area contributed by atoms with Crippen LogP contribution in [0.4, 0.5) is 5.69 Å².